The van der Waals surface area contributed by atoms with E-state index >= 15 is 0 Å². The standard InChI is InChI=1S/C13H11NO/c1-3-7-12-13(15-10(2)14-12)11-8-5-4-6-9-11/h1,4-6,8-9H,7H2,2H3. The molecule has 1 aromatic heterocycles. The van der Waals surface area contributed by atoms with E-state index in [-0.39, 0.29) is 0 Å². The molecule has 2 nitrogen and oxygen atoms in total. The number of aromatic nitrogens is 1. The Morgan fingerprint density at radius 3 is 2.73 bits per heavy atom. The summed E-state index contributed by atoms with van der Waals surface area (Å²) >= 11 is 0. The van der Waals surface area contributed by atoms with Crippen molar-refractivity contribution in [1.29, 1.82) is 0 Å². The second-order valence-corrected chi connectivity index (χ2v) is 3.26. The van der Waals surface area contributed by atoms with Gasteiger partial charge in [0.25, 0.3) is 0 Å². The first-order valence-corrected chi connectivity index (χ1v) is 4.76. The summed E-state index contributed by atoms with van der Waals surface area (Å²) in [5.41, 5.74) is 1.85. The Balaban J connectivity index is 2.49. The zero-order valence-corrected chi connectivity index (χ0v) is 8.53. The van der Waals surface area contributed by atoms with Crippen LogP contribution >= 0.6 is 0 Å². The van der Waals surface area contributed by atoms with E-state index in [4.69, 9.17) is 10.8 Å². The summed E-state index contributed by atoms with van der Waals surface area (Å²) in [6.07, 6.45) is 5.79. The van der Waals surface area contributed by atoms with Crippen LogP contribution < -0.4 is 0 Å². The molecule has 0 saturated heterocycles. The molecule has 2 aromatic rings. The Morgan fingerprint density at radius 2 is 2.07 bits per heavy atom. The fourth-order valence-corrected chi connectivity index (χ4v) is 1.50. The number of oxazole rings is 1. The second kappa shape index (κ2) is 4.02. The van der Waals surface area contributed by atoms with Crippen molar-refractivity contribution in [2.45, 2.75) is 13.3 Å². The summed E-state index contributed by atoms with van der Waals surface area (Å²) in [7, 11) is 0. The fraction of sp³-hybridized carbons (Fsp3) is 0.154. The number of benzene rings is 1. The number of terminal acetylenes is 1. The molecular weight excluding hydrogens is 186 g/mol. The Kier molecular flexibility index (Phi) is 2.55. The van der Waals surface area contributed by atoms with Gasteiger partial charge >= 0.3 is 0 Å². The lowest BCUT2D eigenvalue weighted by Gasteiger charge is -1.97. The third-order valence-electron chi connectivity index (χ3n) is 2.11. The molecule has 0 unspecified atom stereocenters. The van der Waals surface area contributed by atoms with Crippen molar-refractivity contribution < 1.29 is 4.42 Å². The minimum atomic E-state index is 0.502. The lowest BCUT2D eigenvalue weighted by atomic mass is 10.1. The van der Waals surface area contributed by atoms with Gasteiger partial charge in [-0.1, -0.05) is 30.3 Å². The smallest absolute Gasteiger partial charge is 0.192 e. The minimum Gasteiger partial charge on any atom is -0.441 e. The summed E-state index contributed by atoms with van der Waals surface area (Å²) in [4.78, 5) is 4.27. The van der Waals surface area contributed by atoms with Crippen LogP contribution in [0.2, 0.25) is 0 Å². The van der Waals surface area contributed by atoms with Crippen LogP contribution in [0.3, 0.4) is 0 Å². The summed E-state index contributed by atoms with van der Waals surface area (Å²) in [6.45, 7) is 1.83. The first kappa shape index (κ1) is 9.54. The van der Waals surface area contributed by atoms with E-state index in [1.54, 1.807) is 0 Å². The largest absolute Gasteiger partial charge is 0.441 e. The molecular formula is C13H11NO. The van der Waals surface area contributed by atoms with Gasteiger partial charge in [0, 0.05) is 12.5 Å². The zero-order valence-electron chi connectivity index (χ0n) is 8.53. The number of rotatable bonds is 2. The van der Waals surface area contributed by atoms with Crippen molar-refractivity contribution >= 4 is 0 Å². The molecule has 0 aliphatic carbocycles. The maximum Gasteiger partial charge on any atom is 0.192 e. The van der Waals surface area contributed by atoms with Crippen LogP contribution in [0.5, 0.6) is 0 Å². The van der Waals surface area contributed by atoms with E-state index < -0.39 is 0 Å². The van der Waals surface area contributed by atoms with Crippen molar-refractivity contribution in [2.75, 3.05) is 0 Å². The number of aryl methyl sites for hydroxylation is 1. The van der Waals surface area contributed by atoms with Crippen LogP contribution in [0.15, 0.2) is 34.7 Å². The summed E-state index contributed by atoms with van der Waals surface area (Å²) in [6, 6.07) is 9.87. The van der Waals surface area contributed by atoms with E-state index in [0.29, 0.717) is 12.3 Å². The topological polar surface area (TPSA) is 26.0 Å². The van der Waals surface area contributed by atoms with Gasteiger partial charge in [-0.15, -0.1) is 12.3 Å². The van der Waals surface area contributed by atoms with Crippen LogP contribution in [0.1, 0.15) is 11.6 Å². The minimum absolute atomic E-state index is 0.502. The van der Waals surface area contributed by atoms with E-state index in [2.05, 4.69) is 10.9 Å². The lowest BCUT2D eigenvalue weighted by Crippen LogP contribution is -1.85. The van der Waals surface area contributed by atoms with Crippen LogP contribution in [0.25, 0.3) is 11.3 Å². The quantitative estimate of drug-likeness (QED) is 0.692. The third kappa shape index (κ3) is 1.92. The van der Waals surface area contributed by atoms with Crippen LogP contribution in [-0.2, 0) is 6.42 Å². The monoisotopic (exact) mass is 197 g/mol. The van der Waals surface area contributed by atoms with E-state index in [0.717, 1.165) is 17.0 Å². The predicted octanol–water partition coefficient (Wildman–Crippen LogP) is 2.83. The van der Waals surface area contributed by atoms with E-state index in [9.17, 15) is 0 Å². The van der Waals surface area contributed by atoms with Gasteiger partial charge in [0.2, 0.25) is 0 Å². The first-order chi connectivity index (χ1) is 7.31. The van der Waals surface area contributed by atoms with Crippen molar-refractivity contribution in [3.63, 3.8) is 0 Å². The normalized spacial score (nSPS) is 9.87. The summed E-state index contributed by atoms with van der Waals surface area (Å²) in [5, 5.41) is 0. The molecule has 0 aliphatic heterocycles. The molecule has 0 atom stereocenters. The molecule has 1 heterocycles. The zero-order chi connectivity index (χ0) is 10.7. The molecule has 0 saturated carbocycles. The molecule has 15 heavy (non-hydrogen) atoms. The first-order valence-electron chi connectivity index (χ1n) is 4.76. The molecule has 2 heteroatoms. The molecule has 0 N–H and O–H groups in total. The summed E-state index contributed by atoms with van der Waals surface area (Å²) in [5.74, 6) is 4.02. The highest BCUT2D eigenvalue weighted by Crippen LogP contribution is 2.24. The van der Waals surface area contributed by atoms with Crippen molar-refractivity contribution in [3.8, 4) is 23.7 Å². The van der Waals surface area contributed by atoms with Gasteiger partial charge in [-0.05, 0) is 0 Å². The van der Waals surface area contributed by atoms with E-state index in [1.165, 1.54) is 0 Å². The van der Waals surface area contributed by atoms with Gasteiger partial charge < -0.3 is 4.42 Å². The molecule has 0 bridgehead atoms. The third-order valence-corrected chi connectivity index (χ3v) is 2.11. The second-order valence-electron chi connectivity index (χ2n) is 3.26. The fourth-order valence-electron chi connectivity index (χ4n) is 1.50. The molecule has 2 rings (SSSR count). The number of hydrogen-bond acceptors (Lipinski definition) is 2. The van der Waals surface area contributed by atoms with Crippen LogP contribution in [0, 0.1) is 19.3 Å². The van der Waals surface area contributed by atoms with Crippen LogP contribution in [0.4, 0.5) is 0 Å². The maximum absolute atomic E-state index is 5.55. The SMILES string of the molecule is C#CCc1nc(C)oc1-c1ccccc1. The van der Waals surface area contributed by atoms with E-state index in [1.807, 2.05) is 37.3 Å². The molecule has 0 spiro atoms. The van der Waals surface area contributed by atoms with Gasteiger partial charge in [-0.25, -0.2) is 4.98 Å². The highest BCUT2D eigenvalue weighted by molar-refractivity contribution is 5.60. The molecule has 74 valence electrons. The van der Waals surface area contributed by atoms with Crippen molar-refractivity contribution in [3.05, 3.63) is 41.9 Å². The average molecular weight is 197 g/mol. The molecule has 0 aliphatic rings. The molecule has 0 radical (unpaired) electrons. The van der Waals surface area contributed by atoms with Crippen molar-refractivity contribution in [1.82, 2.24) is 4.98 Å². The van der Waals surface area contributed by atoms with Gasteiger partial charge in [0.15, 0.2) is 11.7 Å². The number of nitrogens with zero attached hydrogens (tertiary/aromatic N) is 1. The Labute approximate surface area is 89.0 Å². The van der Waals surface area contributed by atoms with Crippen molar-refractivity contribution in [2.24, 2.45) is 0 Å². The van der Waals surface area contributed by atoms with Gasteiger partial charge in [-0.2, -0.15) is 0 Å². The average Bonchev–Trinajstić information content (AvgIpc) is 2.62. The van der Waals surface area contributed by atoms with Crippen LogP contribution in [-0.4, -0.2) is 4.98 Å². The summed E-state index contributed by atoms with van der Waals surface area (Å²) < 4.78 is 5.55. The van der Waals surface area contributed by atoms with Gasteiger partial charge in [0.05, 0.1) is 12.1 Å². The predicted molar refractivity (Wildman–Crippen MR) is 59.2 cm³/mol. The highest BCUT2D eigenvalue weighted by Gasteiger charge is 2.11. The Bertz CT molecular complexity index is 491. The van der Waals surface area contributed by atoms with Gasteiger partial charge in [0.1, 0.15) is 0 Å². The Morgan fingerprint density at radius 1 is 1.33 bits per heavy atom. The highest BCUT2D eigenvalue weighted by atomic mass is 16.4. The Hall–Kier alpha value is -2.01. The molecule has 0 fully saturated rings. The van der Waals surface area contributed by atoms with Gasteiger partial charge in [-0.3, -0.25) is 0 Å². The number of hydrogen-bond donors (Lipinski definition) is 0. The maximum atomic E-state index is 5.55. The lowest BCUT2D eigenvalue weighted by molar-refractivity contribution is 0.534. The molecule has 0 amide bonds. The molecule has 1 aromatic carbocycles.